The minimum absolute atomic E-state index is 0.00671. The van der Waals surface area contributed by atoms with Gasteiger partial charge in [-0.2, -0.15) is 0 Å². The number of ether oxygens (including phenoxy) is 1. The number of benzene rings is 2. The Balaban J connectivity index is 1.67. The molecule has 0 bridgehead atoms. The highest BCUT2D eigenvalue weighted by Crippen LogP contribution is 2.35. The van der Waals surface area contributed by atoms with Gasteiger partial charge in [0.15, 0.2) is 6.61 Å². The van der Waals surface area contributed by atoms with Crippen molar-refractivity contribution in [2.75, 3.05) is 18.5 Å². The molecule has 0 saturated heterocycles. The number of hydrogen-bond donors (Lipinski definition) is 2. The van der Waals surface area contributed by atoms with Gasteiger partial charge in [0.2, 0.25) is 5.91 Å². The van der Waals surface area contributed by atoms with Crippen molar-refractivity contribution < 1.29 is 14.3 Å². The number of hydrogen-bond acceptors (Lipinski definition) is 5. The number of nitrogens with zero attached hydrogens (tertiary/aromatic N) is 1. The summed E-state index contributed by atoms with van der Waals surface area (Å²) in [5, 5.41) is 6.72. The van der Waals surface area contributed by atoms with Gasteiger partial charge >= 0.3 is 0 Å². The van der Waals surface area contributed by atoms with Gasteiger partial charge in [0.25, 0.3) is 5.91 Å². The molecule has 0 fully saturated rings. The Bertz CT molecular complexity index is 993. The van der Waals surface area contributed by atoms with E-state index in [1.165, 1.54) is 0 Å². The maximum Gasteiger partial charge on any atom is 0.257 e. The van der Waals surface area contributed by atoms with Crippen molar-refractivity contribution in [3.05, 3.63) is 53.5 Å². The van der Waals surface area contributed by atoms with Gasteiger partial charge in [-0.1, -0.05) is 26.0 Å². The quantitative estimate of drug-likeness (QED) is 0.476. The molecule has 2 aromatic carbocycles. The average Bonchev–Trinajstić information content (AvgIpc) is 3.19. The van der Waals surface area contributed by atoms with E-state index in [1.807, 2.05) is 25.1 Å². The number of anilines is 1. The van der Waals surface area contributed by atoms with Crippen molar-refractivity contribution in [2.24, 2.45) is 5.41 Å². The molecule has 3 rings (SSSR count). The van der Waals surface area contributed by atoms with E-state index in [0.717, 1.165) is 28.1 Å². The van der Waals surface area contributed by atoms with Crippen molar-refractivity contribution in [1.82, 2.24) is 10.3 Å². The summed E-state index contributed by atoms with van der Waals surface area (Å²) in [6.45, 7) is 6.50. The zero-order chi connectivity index (χ0) is 22.3. The lowest BCUT2D eigenvalue weighted by Crippen LogP contribution is -2.37. The molecular formula is C24H29N3O3S. The third-order valence-corrected chi connectivity index (χ3v) is 6.56. The van der Waals surface area contributed by atoms with E-state index in [4.69, 9.17) is 9.72 Å². The molecule has 0 radical (unpaired) electrons. The summed E-state index contributed by atoms with van der Waals surface area (Å²) in [5.41, 5.74) is 1.15. The minimum Gasteiger partial charge on any atom is -0.484 e. The maximum absolute atomic E-state index is 13.3. The maximum atomic E-state index is 13.3. The van der Waals surface area contributed by atoms with E-state index in [1.54, 1.807) is 35.6 Å². The van der Waals surface area contributed by atoms with Crippen molar-refractivity contribution >= 4 is 39.1 Å². The highest BCUT2D eigenvalue weighted by Gasteiger charge is 2.36. The molecular weight excluding hydrogens is 410 g/mol. The van der Waals surface area contributed by atoms with Crippen LogP contribution >= 0.6 is 11.3 Å². The first-order valence-corrected chi connectivity index (χ1v) is 11.5. The van der Waals surface area contributed by atoms with E-state index in [2.05, 4.69) is 30.5 Å². The summed E-state index contributed by atoms with van der Waals surface area (Å²) in [7, 11) is 0. The number of carbonyl (C=O) groups is 2. The van der Waals surface area contributed by atoms with Gasteiger partial charge in [-0.25, -0.2) is 4.98 Å². The zero-order valence-electron chi connectivity index (χ0n) is 18.2. The number of aromatic nitrogens is 1. The second-order valence-electron chi connectivity index (χ2n) is 7.46. The fourth-order valence-electron chi connectivity index (χ4n) is 3.48. The molecule has 0 unspecified atom stereocenters. The molecule has 1 aromatic heterocycles. The van der Waals surface area contributed by atoms with Crippen LogP contribution in [0.4, 0.5) is 5.69 Å². The number of para-hydroxylation sites is 1. The number of thiazole rings is 1. The van der Waals surface area contributed by atoms with Crippen molar-refractivity contribution in [3.8, 4) is 5.75 Å². The zero-order valence-corrected chi connectivity index (χ0v) is 19.1. The third-order valence-electron chi connectivity index (χ3n) is 5.52. The van der Waals surface area contributed by atoms with E-state index in [0.29, 0.717) is 24.4 Å². The van der Waals surface area contributed by atoms with Crippen LogP contribution < -0.4 is 15.4 Å². The van der Waals surface area contributed by atoms with Crippen LogP contribution in [-0.4, -0.2) is 29.9 Å². The summed E-state index contributed by atoms with van der Waals surface area (Å²) in [5.74, 6) is 0.411. The monoisotopic (exact) mass is 439 g/mol. The van der Waals surface area contributed by atoms with Gasteiger partial charge in [-0.3, -0.25) is 9.59 Å². The highest BCUT2D eigenvalue weighted by atomic mass is 32.1. The van der Waals surface area contributed by atoms with Crippen LogP contribution in [0, 0.1) is 5.41 Å². The smallest absolute Gasteiger partial charge is 0.257 e. The second kappa shape index (κ2) is 10.4. The summed E-state index contributed by atoms with van der Waals surface area (Å²) in [4.78, 5) is 29.5. The molecule has 0 spiro atoms. The molecule has 0 saturated carbocycles. The normalized spacial score (nSPS) is 11.3. The number of carbonyl (C=O) groups excluding carboxylic acids is 2. The molecule has 2 N–H and O–H groups in total. The Labute approximate surface area is 187 Å². The Kier molecular flexibility index (Phi) is 7.63. The summed E-state index contributed by atoms with van der Waals surface area (Å²) < 4.78 is 6.61. The van der Waals surface area contributed by atoms with Crippen LogP contribution in [0.1, 0.15) is 38.6 Å². The predicted octanol–water partition coefficient (Wildman–Crippen LogP) is 4.80. The van der Waals surface area contributed by atoms with E-state index in [-0.39, 0.29) is 18.4 Å². The Hall–Kier alpha value is -2.93. The molecule has 0 aliphatic heterocycles. The largest absolute Gasteiger partial charge is 0.484 e. The van der Waals surface area contributed by atoms with Gasteiger partial charge in [0.05, 0.1) is 20.6 Å². The number of rotatable bonds is 10. The van der Waals surface area contributed by atoms with Crippen molar-refractivity contribution in [3.63, 3.8) is 0 Å². The first-order chi connectivity index (χ1) is 15.0. The Morgan fingerprint density at radius 3 is 2.39 bits per heavy atom. The summed E-state index contributed by atoms with van der Waals surface area (Å²) in [6, 6.07) is 15.1. The molecule has 2 amide bonds. The summed E-state index contributed by atoms with van der Waals surface area (Å²) in [6.07, 6.45) is 2.05. The fraction of sp³-hybridized carbons (Fsp3) is 0.375. The molecule has 7 heteroatoms. The van der Waals surface area contributed by atoms with Gasteiger partial charge in [0, 0.05) is 18.7 Å². The van der Waals surface area contributed by atoms with Gasteiger partial charge in [0.1, 0.15) is 5.75 Å². The highest BCUT2D eigenvalue weighted by molar-refractivity contribution is 7.18. The number of fused-ring (bicyclic) bond motifs is 1. The van der Waals surface area contributed by atoms with E-state index < -0.39 is 5.41 Å². The second-order valence-corrected chi connectivity index (χ2v) is 8.58. The molecule has 3 aromatic rings. The Morgan fingerprint density at radius 2 is 1.74 bits per heavy atom. The lowest BCUT2D eigenvalue weighted by Gasteiger charge is -2.29. The predicted molar refractivity (Wildman–Crippen MR) is 126 cm³/mol. The first-order valence-electron chi connectivity index (χ1n) is 10.6. The topological polar surface area (TPSA) is 80.3 Å². The standard InChI is InChI=1S/C24H29N3O3S/c1-4-24(5-2,15-22-27-19-9-7-8-10-20(19)31-22)23(29)26-17-11-13-18(14-12-17)30-16-21(28)25-6-3/h7-14H,4-6,15-16H2,1-3H3,(H,25,28)(H,26,29). The lowest BCUT2D eigenvalue weighted by molar-refractivity contribution is -0.126. The van der Waals surface area contributed by atoms with Crippen LogP contribution in [0.15, 0.2) is 48.5 Å². The minimum atomic E-state index is -0.526. The number of likely N-dealkylation sites (N-methyl/N-ethyl adjacent to an activating group) is 1. The van der Waals surface area contributed by atoms with Crippen molar-refractivity contribution in [2.45, 2.75) is 40.0 Å². The summed E-state index contributed by atoms with van der Waals surface area (Å²) >= 11 is 1.65. The molecule has 0 aliphatic carbocycles. The molecule has 0 aliphatic rings. The molecule has 0 atom stereocenters. The number of amides is 2. The average molecular weight is 440 g/mol. The third kappa shape index (κ3) is 5.61. The molecule has 1 heterocycles. The fourth-order valence-corrected chi connectivity index (χ4v) is 4.59. The SMILES string of the molecule is CCNC(=O)COc1ccc(NC(=O)C(CC)(CC)Cc2nc3ccccc3s2)cc1. The Morgan fingerprint density at radius 1 is 1.03 bits per heavy atom. The van der Waals surface area contributed by atoms with Crippen molar-refractivity contribution in [1.29, 1.82) is 0 Å². The molecule has 6 nitrogen and oxygen atoms in total. The van der Waals surface area contributed by atoms with Gasteiger partial charge in [-0.15, -0.1) is 11.3 Å². The van der Waals surface area contributed by atoms with E-state index >= 15 is 0 Å². The van der Waals surface area contributed by atoms with Crippen LogP contribution in [-0.2, 0) is 16.0 Å². The molecule has 164 valence electrons. The van der Waals surface area contributed by atoms with Crippen LogP contribution in [0.25, 0.3) is 10.2 Å². The van der Waals surface area contributed by atoms with Gasteiger partial charge in [-0.05, 0) is 56.2 Å². The van der Waals surface area contributed by atoms with Crippen LogP contribution in [0.3, 0.4) is 0 Å². The van der Waals surface area contributed by atoms with Gasteiger partial charge < -0.3 is 15.4 Å². The van der Waals surface area contributed by atoms with Crippen LogP contribution in [0.2, 0.25) is 0 Å². The molecule has 31 heavy (non-hydrogen) atoms. The van der Waals surface area contributed by atoms with E-state index in [9.17, 15) is 9.59 Å². The first kappa shape index (κ1) is 22.7. The number of nitrogens with one attached hydrogen (secondary N) is 2. The lowest BCUT2D eigenvalue weighted by atomic mass is 9.78. The van der Waals surface area contributed by atoms with Crippen LogP contribution in [0.5, 0.6) is 5.75 Å².